The topological polar surface area (TPSA) is 186 Å². The summed E-state index contributed by atoms with van der Waals surface area (Å²) < 4.78 is 23.2. The molecule has 1 heterocycles. The molecule has 0 saturated carbocycles. The second-order valence-corrected chi connectivity index (χ2v) is 18.7. The van der Waals surface area contributed by atoms with Crippen molar-refractivity contribution >= 4 is 47.5 Å². The molecule has 0 spiro atoms. The summed E-state index contributed by atoms with van der Waals surface area (Å²) in [4.78, 5) is 117. The van der Waals surface area contributed by atoms with E-state index in [0.29, 0.717) is 5.56 Å². The Morgan fingerprint density at radius 3 is 0.952 bits per heavy atom. The summed E-state index contributed by atoms with van der Waals surface area (Å²) in [5.41, 5.74) is 1.62. The average molecular weight is 887 g/mol. The molecule has 8 unspecified atom stereocenters. The summed E-state index contributed by atoms with van der Waals surface area (Å²) in [6.45, 7) is 20.7. The van der Waals surface area contributed by atoms with Crippen LogP contribution in [0.15, 0.2) is 24.3 Å². The molecule has 354 valence electrons. The number of carbonyl (C=O) groups is 8. The zero-order valence-corrected chi connectivity index (χ0v) is 40.5. The minimum Gasteiger partial charge on any atom is -0.451 e. The number of esters is 4. The number of nitrogens with zero attached hydrogens (tertiary/aromatic N) is 4. The highest BCUT2D eigenvalue weighted by atomic mass is 16.6. The molecule has 1 aliphatic rings. The molecule has 63 heavy (non-hydrogen) atoms. The van der Waals surface area contributed by atoms with E-state index in [0.717, 1.165) is 25.2 Å². The number of rotatable bonds is 10. The van der Waals surface area contributed by atoms with Crippen molar-refractivity contribution in [2.75, 3.05) is 28.2 Å². The van der Waals surface area contributed by atoms with Gasteiger partial charge in [0.05, 0.1) is 0 Å². The van der Waals surface area contributed by atoms with Gasteiger partial charge in [0.15, 0.2) is 24.4 Å². The third-order valence-electron chi connectivity index (χ3n) is 11.1. The van der Waals surface area contributed by atoms with Gasteiger partial charge in [0, 0.05) is 34.6 Å². The number of amides is 4. The average Bonchev–Trinajstić information content (AvgIpc) is 3.20. The first-order chi connectivity index (χ1) is 29.2. The number of carbonyl (C=O) groups excluding carboxylic acids is 8. The lowest BCUT2D eigenvalue weighted by Gasteiger charge is -2.35. The number of likely N-dealkylation sites (N-methyl/N-ethyl adjacent to an activating group) is 4. The molecule has 1 aromatic carbocycles. The second kappa shape index (κ2) is 24.2. The molecule has 16 nitrogen and oxygen atoms in total. The summed E-state index contributed by atoms with van der Waals surface area (Å²) >= 11 is 0. The standard InChI is InChI=1S/C47H74N4O12/c1-26(2)21-35-44(56)60-31(10)40(52)48(13)36(22-27(3)4)45(57)61-33(12)42(54)50(15)38(24-29(7)8)47(59)63-39(25-34-19-17-30(9)18-20-34)43(55)51(16)37(23-28(5)6)46(58)62-32(11)41(53)49(35)14/h17-20,26-29,31-33,35-39H,21-25H2,1-16H3. The van der Waals surface area contributed by atoms with Gasteiger partial charge in [0.2, 0.25) is 0 Å². The molecule has 0 radical (unpaired) electrons. The molecule has 0 aromatic heterocycles. The third kappa shape index (κ3) is 15.6. The summed E-state index contributed by atoms with van der Waals surface area (Å²) in [5.74, 6) is -7.01. The molecule has 2 rings (SSSR count). The van der Waals surface area contributed by atoms with Crippen molar-refractivity contribution in [1.82, 2.24) is 19.6 Å². The van der Waals surface area contributed by atoms with Crippen LogP contribution in [0.4, 0.5) is 0 Å². The van der Waals surface area contributed by atoms with Gasteiger partial charge in [-0.2, -0.15) is 0 Å². The number of aryl methyl sites for hydroxylation is 1. The van der Waals surface area contributed by atoms with Crippen molar-refractivity contribution in [1.29, 1.82) is 0 Å². The van der Waals surface area contributed by atoms with Crippen molar-refractivity contribution in [2.45, 2.75) is 164 Å². The van der Waals surface area contributed by atoms with Crippen LogP contribution in [0, 0.1) is 30.6 Å². The van der Waals surface area contributed by atoms with Crippen molar-refractivity contribution in [3.63, 3.8) is 0 Å². The Kier molecular flexibility index (Phi) is 20.7. The lowest BCUT2D eigenvalue weighted by Crippen LogP contribution is -2.54. The molecule has 1 fully saturated rings. The van der Waals surface area contributed by atoms with Gasteiger partial charge in [0.1, 0.15) is 24.2 Å². The number of benzene rings is 1. The van der Waals surface area contributed by atoms with Gasteiger partial charge in [-0.25, -0.2) is 19.2 Å². The van der Waals surface area contributed by atoms with E-state index in [2.05, 4.69) is 0 Å². The van der Waals surface area contributed by atoms with Crippen LogP contribution in [0.2, 0.25) is 0 Å². The minimum atomic E-state index is -1.47. The minimum absolute atomic E-state index is 0.0756. The lowest BCUT2D eigenvalue weighted by molar-refractivity contribution is -0.176. The van der Waals surface area contributed by atoms with Crippen LogP contribution in [0.25, 0.3) is 0 Å². The molecule has 4 amide bonds. The van der Waals surface area contributed by atoms with Gasteiger partial charge < -0.3 is 38.5 Å². The monoisotopic (exact) mass is 887 g/mol. The number of cyclic esters (lactones) is 4. The zero-order valence-electron chi connectivity index (χ0n) is 40.5. The predicted molar refractivity (Wildman–Crippen MR) is 235 cm³/mol. The number of ether oxygens (including phenoxy) is 4. The van der Waals surface area contributed by atoms with Crippen LogP contribution < -0.4 is 0 Å². The largest absolute Gasteiger partial charge is 0.451 e. The molecule has 8 atom stereocenters. The molecule has 1 saturated heterocycles. The fourth-order valence-corrected chi connectivity index (χ4v) is 7.38. The fraction of sp³-hybridized carbons (Fsp3) is 0.702. The van der Waals surface area contributed by atoms with Crippen molar-refractivity contribution in [3.8, 4) is 0 Å². The van der Waals surface area contributed by atoms with E-state index in [9.17, 15) is 38.4 Å². The van der Waals surface area contributed by atoms with E-state index in [1.165, 1.54) is 49.0 Å². The second-order valence-electron chi connectivity index (χ2n) is 18.7. The zero-order chi connectivity index (χ0) is 48.2. The highest BCUT2D eigenvalue weighted by molar-refractivity contribution is 5.94. The Labute approximate surface area is 374 Å². The highest BCUT2D eigenvalue weighted by Crippen LogP contribution is 2.23. The van der Waals surface area contributed by atoms with Crippen molar-refractivity contribution in [3.05, 3.63) is 35.4 Å². The normalized spacial score (nSPS) is 26.3. The Morgan fingerprint density at radius 1 is 0.429 bits per heavy atom. The van der Waals surface area contributed by atoms with Gasteiger partial charge in [-0.3, -0.25) is 19.2 Å². The predicted octanol–water partition coefficient (Wildman–Crippen LogP) is 4.75. The first kappa shape index (κ1) is 54.1. The van der Waals surface area contributed by atoms with Crippen LogP contribution in [-0.4, -0.2) is 144 Å². The molecule has 1 aliphatic heterocycles. The van der Waals surface area contributed by atoms with Gasteiger partial charge in [-0.15, -0.1) is 0 Å². The van der Waals surface area contributed by atoms with Crippen molar-refractivity contribution < 1.29 is 57.3 Å². The quantitative estimate of drug-likeness (QED) is 0.232. The molecular formula is C47H74N4O12. The Morgan fingerprint density at radius 2 is 0.683 bits per heavy atom. The first-order valence-electron chi connectivity index (χ1n) is 22.1. The summed E-state index contributed by atoms with van der Waals surface area (Å²) in [5, 5.41) is 0. The van der Waals surface area contributed by atoms with Gasteiger partial charge in [-0.05, 0) is 82.6 Å². The smallest absolute Gasteiger partial charge is 0.329 e. The van der Waals surface area contributed by atoms with Crippen LogP contribution in [0.3, 0.4) is 0 Å². The third-order valence-corrected chi connectivity index (χ3v) is 11.1. The molecule has 1 aromatic rings. The van der Waals surface area contributed by atoms with Gasteiger partial charge >= 0.3 is 23.9 Å². The Hall–Kier alpha value is -5.02. The summed E-state index contributed by atoms with van der Waals surface area (Å²) in [6, 6.07) is 2.44. The van der Waals surface area contributed by atoms with E-state index in [4.69, 9.17) is 18.9 Å². The van der Waals surface area contributed by atoms with E-state index < -0.39 is 96.1 Å². The first-order valence-corrected chi connectivity index (χ1v) is 22.1. The maximum Gasteiger partial charge on any atom is 0.329 e. The molecule has 16 heteroatoms. The molecule has 0 N–H and O–H groups in total. The van der Waals surface area contributed by atoms with Crippen molar-refractivity contribution in [2.24, 2.45) is 23.7 Å². The highest BCUT2D eigenvalue weighted by Gasteiger charge is 2.42. The van der Waals surface area contributed by atoms with Crippen LogP contribution in [-0.2, 0) is 63.7 Å². The molecule has 0 bridgehead atoms. The van der Waals surface area contributed by atoms with Crippen LogP contribution >= 0.6 is 0 Å². The van der Waals surface area contributed by atoms with Gasteiger partial charge in [0.25, 0.3) is 23.6 Å². The maximum absolute atomic E-state index is 14.6. The van der Waals surface area contributed by atoms with E-state index in [1.807, 2.05) is 74.4 Å². The Bertz CT molecular complexity index is 1750. The lowest BCUT2D eigenvalue weighted by atomic mass is 10.00. The molecular weight excluding hydrogens is 813 g/mol. The Balaban J connectivity index is 2.81. The SMILES string of the molecule is Cc1ccc(CC2OC(=O)C(CC(C)C)N(C)C(=O)C(C)OC(=O)C(CC(C)C)N(C)C(=O)C(C)OC(=O)C(CC(C)C)N(C)C(=O)C(C)OC(=O)C(CC(C)C)N(C)C2=O)cc1. The van der Waals surface area contributed by atoms with Crippen LogP contribution in [0.5, 0.6) is 0 Å². The van der Waals surface area contributed by atoms with E-state index in [1.54, 1.807) is 12.1 Å². The van der Waals surface area contributed by atoms with Gasteiger partial charge in [-0.1, -0.05) is 85.2 Å². The fourth-order valence-electron chi connectivity index (χ4n) is 7.38. The number of hydrogen-bond acceptors (Lipinski definition) is 12. The number of hydrogen-bond donors (Lipinski definition) is 0. The summed E-state index contributed by atoms with van der Waals surface area (Å²) in [7, 11) is 5.52. The molecule has 0 aliphatic carbocycles. The summed E-state index contributed by atoms with van der Waals surface area (Å²) in [6.07, 6.45) is -5.29. The van der Waals surface area contributed by atoms with Crippen LogP contribution in [0.1, 0.15) is 113 Å². The van der Waals surface area contributed by atoms with E-state index >= 15 is 0 Å². The maximum atomic E-state index is 14.6. The van der Waals surface area contributed by atoms with E-state index in [-0.39, 0.29) is 55.8 Å².